The van der Waals surface area contributed by atoms with Crippen molar-refractivity contribution in [1.82, 2.24) is 10.2 Å². The maximum atomic E-state index is 13.0. The van der Waals surface area contributed by atoms with E-state index in [2.05, 4.69) is 44.8 Å². The summed E-state index contributed by atoms with van der Waals surface area (Å²) < 4.78 is 13.0. The van der Waals surface area contributed by atoms with Gasteiger partial charge in [-0.2, -0.15) is 0 Å². The molecule has 1 aliphatic heterocycles. The van der Waals surface area contributed by atoms with Gasteiger partial charge in [-0.25, -0.2) is 4.39 Å². The van der Waals surface area contributed by atoms with Gasteiger partial charge >= 0.3 is 0 Å². The number of nitrogens with zero attached hydrogens (tertiary/aromatic N) is 1. The second-order valence-electron chi connectivity index (χ2n) is 7.62. The number of halogens is 1. The second-order valence-corrected chi connectivity index (χ2v) is 7.62. The van der Waals surface area contributed by atoms with E-state index in [0.29, 0.717) is 6.04 Å². The third-order valence-corrected chi connectivity index (χ3v) is 4.37. The molecule has 3 heteroatoms. The van der Waals surface area contributed by atoms with Crippen LogP contribution in [-0.2, 0) is 6.54 Å². The smallest absolute Gasteiger partial charge is 0.123 e. The summed E-state index contributed by atoms with van der Waals surface area (Å²) >= 11 is 0. The number of hydrogen-bond acceptors (Lipinski definition) is 2. The monoisotopic (exact) mass is 278 g/mol. The van der Waals surface area contributed by atoms with Crippen LogP contribution in [0.1, 0.15) is 40.2 Å². The Kier molecular flexibility index (Phi) is 4.22. The minimum atomic E-state index is -0.166. The third-order valence-electron chi connectivity index (χ3n) is 4.37. The number of benzene rings is 1. The zero-order valence-corrected chi connectivity index (χ0v) is 13.3. The van der Waals surface area contributed by atoms with E-state index in [9.17, 15) is 4.39 Å². The summed E-state index contributed by atoms with van der Waals surface area (Å²) in [6, 6.07) is 7.35. The van der Waals surface area contributed by atoms with Crippen molar-refractivity contribution >= 4 is 0 Å². The van der Waals surface area contributed by atoms with Crippen molar-refractivity contribution < 1.29 is 4.39 Å². The van der Waals surface area contributed by atoms with Crippen molar-refractivity contribution in [1.29, 1.82) is 0 Å². The van der Waals surface area contributed by atoms with Gasteiger partial charge in [-0.1, -0.05) is 32.9 Å². The molecular weight excluding hydrogens is 251 g/mol. The molecule has 1 N–H and O–H groups in total. The summed E-state index contributed by atoms with van der Waals surface area (Å²) in [7, 11) is 0. The van der Waals surface area contributed by atoms with E-state index in [-0.39, 0.29) is 16.8 Å². The lowest BCUT2D eigenvalue weighted by molar-refractivity contribution is 0.0295. The van der Waals surface area contributed by atoms with Gasteiger partial charge < -0.3 is 5.32 Å². The lowest BCUT2D eigenvalue weighted by atomic mass is 9.82. The highest BCUT2D eigenvalue weighted by molar-refractivity contribution is 5.16. The van der Waals surface area contributed by atoms with Crippen molar-refractivity contribution in [2.24, 2.45) is 5.41 Å². The quantitative estimate of drug-likeness (QED) is 0.891. The summed E-state index contributed by atoms with van der Waals surface area (Å²) in [6.45, 7) is 14.2. The van der Waals surface area contributed by atoms with Gasteiger partial charge in [-0.05, 0) is 37.0 Å². The molecule has 20 heavy (non-hydrogen) atoms. The topological polar surface area (TPSA) is 15.3 Å². The maximum absolute atomic E-state index is 13.0. The Morgan fingerprint density at radius 2 is 1.85 bits per heavy atom. The molecule has 0 spiro atoms. The molecule has 1 aromatic rings. The molecule has 0 bridgehead atoms. The fourth-order valence-electron chi connectivity index (χ4n) is 2.69. The van der Waals surface area contributed by atoms with Crippen LogP contribution in [0.5, 0.6) is 0 Å². The molecule has 1 unspecified atom stereocenters. The first-order valence-corrected chi connectivity index (χ1v) is 7.41. The molecule has 0 saturated carbocycles. The van der Waals surface area contributed by atoms with Crippen molar-refractivity contribution in [3.8, 4) is 0 Å². The highest BCUT2D eigenvalue weighted by Gasteiger charge is 2.38. The molecule has 1 saturated heterocycles. The predicted molar refractivity (Wildman–Crippen MR) is 82.1 cm³/mol. The van der Waals surface area contributed by atoms with Crippen molar-refractivity contribution in [2.45, 2.75) is 52.7 Å². The van der Waals surface area contributed by atoms with Crippen LogP contribution in [0, 0.1) is 11.2 Å². The number of rotatable bonds is 2. The standard InChI is InChI=1S/C17H27FN2/c1-16(2,3)15-11-20(17(4,5)12-19-15)10-13-6-8-14(18)9-7-13/h6-9,15,19H,10-12H2,1-5H3. The Labute approximate surface area is 122 Å². The minimum absolute atomic E-state index is 0.121. The number of hydrogen-bond donors (Lipinski definition) is 1. The zero-order chi connectivity index (χ0) is 15.0. The van der Waals surface area contributed by atoms with Crippen LogP contribution < -0.4 is 5.32 Å². The Hall–Kier alpha value is -0.930. The third kappa shape index (κ3) is 3.58. The molecule has 2 rings (SSSR count). The van der Waals surface area contributed by atoms with E-state index < -0.39 is 0 Å². The SMILES string of the molecule is CC(C)(C)C1CN(Cc2ccc(F)cc2)C(C)(C)CN1. The molecule has 1 atom stereocenters. The first-order valence-electron chi connectivity index (χ1n) is 7.41. The Balaban J connectivity index is 2.12. The van der Waals surface area contributed by atoms with Crippen LogP contribution in [0.2, 0.25) is 0 Å². The lowest BCUT2D eigenvalue weighted by Gasteiger charge is -2.49. The van der Waals surface area contributed by atoms with Crippen molar-refractivity contribution in [2.75, 3.05) is 13.1 Å². The number of nitrogens with one attached hydrogen (secondary N) is 1. The highest BCUT2D eigenvalue weighted by Crippen LogP contribution is 2.28. The molecule has 1 fully saturated rings. The Morgan fingerprint density at radius 1 is 1.25 bits per heavy atom. The molecule has 0 aromatic heterocycles. The Morgan fingerprint density at radius 3 is 2.40 bits per heavy atom. The predicted octanol–water partition coefficient (Wildman–Crippen LogP) is 3.42. The van der Waals surface area contributed by atoms with Crippen LogP contribution >= 0.6 is 0 Å². The molecule has 112 valence electrons. The van der Waals surface area contributed by atoms with E-state index in [4.69, 9.17) is 0 Å². The van der Waals surface area contributed by atoms with Gasteiger partial charge in [0.25, 0.3) is 0 Å². The van der Waals surface area contributed by atoms with Gasteiger partial charge in [0.1, 0.15) is 5.82 Å². The van der Waals surface area contributed by atoms with E-state index in [1.165, 1.54) is 5.56 Å². The van der Waals surface area contributed by atoms with E-state index in [1.807, 2.05) is 12.1 Å². The van der Waals surface area contributed by atoms with Gasteiger partial charge in [0, 0.05) is 31.2 Å². The van der Waals surface area contributed by atoms with Crippen LogP contribution in [0.4, 0.5) is 4.39 Å². The zero-order valence-electron chi connectivity index (χ0n) is 13.3. The first kappa shape index (κ1) is 15.5. The summed E-state index contributed by atoms with van der Waals surface area (Å²) in [5, 5.41) is 3.67. The van der Waals surface area contributed by atoms with E-state index in [1.54, 1.807) is 12.1 Å². The van der Waals surface area contributed by atoms with E-state index in [0.717, 1.165) is 19.6 Å². The molecule has 0 amide bonds. The van der Waals surface area contributed by atoms with E-state index >= 15 is 0 Å². The molecule has 2 nitrogen and oxygen atoms in total. The fraction of sp³-hybridized carbons (Fsp3) is 0.647. The molecule has 1 aliphatic rings. The normalized spacial score (nSPS) is 23.8. The largest absolute Gasteiger partial charge is 0.310 e. The summed E-state index contributed by atoms with van der Waals surface area (Å²) in [6.07, 6.45) is 0. The van der Waals surface area contributed by atoms with Gasteiger partial charge in [0.15, 0.2) is 0 Å². The average Bonchev–Trinajstić information content (AvgIpc) is 2.33. The molecule has 1 aromatic carbocycles. The maximum Gasteiger partial charge on any atom is 0.123 e. The van der Waals surface area contributed by atoms with Gasteiger partial charge in [-0.3, -0.25) is 4.90 Å². The average molecular weight is 278 g/mol. The molecule has 0 aliphatic carbocycles. The minimum Gasteiger partial charge on any atom is -0.310 e. The number of piperazine rings is 1. The van der Waals surface area contributed by atoms with Crippen LogP contribution in [0.3, 0.4) is 0 Å². The molecule has 0 radical (unpaired) electrons. The first-order chi connectivity index (χ1) is 9.18. The summed E-state index contributed by atoms with van der Waals surface area (Å²) in [5.74, 6) is -0.166. The van der Waals surface area contributed by atoms with Crippen molar-refractivity contribution in [3.05, 3.63) is 35.6 Å². The molecule has 1 heterocycles. The van der Waals surface area contributed by atoms with Gasteiger partial charge in [0.05, 0.1) is 0 Å². The van der Waals surface area contributed by atoms with Crippen LogP contribution in [-0.4, -0.2) is 29.6 Å². The summed E-state index contributed by atoms with van der Waals surface area (Å²) in [5.41, 5.74) is 1.54. The highest BCUT2D eigenvalue weighted by atomic mass is 19.1. The fourth-order valence-corrected chi connectivity index (χ4v) is 2.69. The second kappa shape index (κ2) is 5.45. The lowest BCUT2D eigenvalue weighted by Crippen LogP contribution is -2.64. The van der Waals surface area contributed by atoms with Crippen LogP contribution in [0.25, 0.3) is 0 Å². The Bertz CT molecular complexity index is 445. The van der Waals surface area contributed by atoms with Gasteiger partial charge in [0.2, 0.25) is 0 Å². The summed E-state index contributed by atoms with van der Waals surface area (Å²) in [4.78, 5) is 2.51. The van der Waals surface area contributed by atoms with Crippen molar-refractivity contribution in [3.63, 3.8) is 0 Å². The molecular formula is C17H27FN2. The van der Waals surface area contributed by atoms with Crippen LogP contribution in [0.15, 0.2) is 24.3 Å². The van der Waals surface area contributed by atoms with Gasteiger partial charge in [-0.15, -0.1) is 0 Å².